The van der Waals surface area contributed by atoms with Crippen molar-refractivity contribution in [3.63, 3.8) is 0 Å². The highest BCUT2D eigenvalue weighted by atomic mass is 79.9. The van der Waals surface area contributed by atoms with Crippen LogP contribution in [0.1, 0.15) is 21.5 Å². The van der Waals surface area contributed by atoms with Gasteiger partial charge in [-0.2, -0.15) is 13.2 Å². The van der Waals surface area contributed by atoms with Gasteiger partial charge in [0.2, 0.25) is 0 Å². The van der Waals surface area contributed by atoms with Gasteiger partial charge in [-0.1, -0.05) is 15.9 Å². The van der Waals surface area contributed by atoms with Crippen molar-refractivity contribution in [1.82, 2.24) is 0 Å². The van der Waals surface area contributed by atoms with Crippen molar-refractivity contribution in [3.8, 4) is 0 Å². The molecule has 0 aliphatic carbocycles. The van der Waals surface area contributed by atoms with Gasteiger partial charge in [0.25, 0.3) is 0 Å². The molecule has 1 nitrogen and oxygen atoms in total. The van der Waals surface area contributed by atoms with E-state index in [1.54, 1.807) is 0 Å². The summed E-state index contributed by atoms with van der Waals surface area (Å²) < 4.78 is 40.5. The molecule has 0 fully saturated rings. The number of halogens is 6. The van der Waals surface area contributed by atoms with Gasteiger partial charge in [-0.05, 0) is 56.1 Å². The molecular weight excluding hydrogens is 489 g/mol. The summed E-state index contributed by atoms with van der Waals surface area (Å²) in [5, 5.41) is 0. The molecule has 0 unspecified atom stereocenters. The largest absolute Gasteiger partial charge is 0.417 e. The summed E-state index contributed by atoms with van der Waals surface area (Å²) in [6, 6.07) is 4.99. The van der Waals surface area contributed by atoms with Gasteiger partial charge in [-0.25, -0.2) is 0 Å². The summed E-state index contributed by atoms with van der Waals surface area (Å²) in [5.41, 5.74) is -1.12. The van der Waals surface area contributed by atoms with Crippen LogP contribution < -0.4 is 0 Å². The lowest BCUT2D eigenvalue weighted by atomic mass is 10.00. The van der Waals surface area contributed by atoms with Crippen molar-refractivity contribution in [2.24, 2.45) is 0 Å². The van der Waals surface area contributed by atoms with E-state index in [1.165, 1.54) is 29.5 Å². The Kier molecular flexibility index (Phi) is 4.78. The summed E-state index contributed by atoms with van der Waals surface area (Å²) >= 11 is 10.6. The predicted molar refractivity (Wildman–Crippen MR) is 82.3 cm³/mol. The lowest BCUT2D eigenvalue weighted by Gasteiger charge is -2.12. The van der Waals surface area contributed by atoms with Crippen molar-refractivity contribution >= 4 is 64.9 Å². The Labute approximate surface area is 141 Å². The summed E-state index contributed by atoms with van der Waals surface area (Å²) in [5.74, 6) is -0.668. The molecule has 0 aliphatic rings. The van der Waals surface area contributed by atoms with Crippen molar-refractivity contribution in [2.45, 2.75) is 6.18 Å². The van der Waals surface area contributed by atoms with E-state index in [4.69, 9.17) is 0 Å². The topological polar surface area (TPSA) is 17.1 Å². The van der Waals surface area contributed by atoms with Gasteiger partial charge in [0.05, 0.1) is 13.1 Å². The smallest absolute Gasteiger partial charge is 0.289 e. The van der Waals surface area contributed by atoms with Crippen LogP contribution in [0.3, 0.4) is 0 Å². The molecule has 8 heteroatoms. The molecule has 0 radical (unpaired) electrons. The van der Waals surface area contributed by atoms with E-state index in [9.17, 15) is 18.0 Å². The standard InChI is InChI=1S/C12H4Br3F3OS/c13-5-1-2-6(8(3-5)12(16,17)18)10(19)7-4-9(14)20-11(7)15/h1-4H. The van der Waals surface area contributed by atoms with E-state index in [0.717, 1.165) is 6.07 Å². The zero-order valence-electron chi connectivity index (χ0n) is 9.39. The fourth-order valence-electron chi connectivity index (χ4n) is 1.59. The molecule has 0 saturated heterocycles. The maximum atomic E-state index is 13.0. The first kappa shape index (κ1) is 16.2. The minimum Gasteiger partial charge on any atom is -0.289 e. The number of rotatable bonds is 2. The summed E-state index contributed by atoms with van der Waals surface area (Å²) in [4.78, 5) is 12.3. The van der Waals surface area contributed by atoms with Gasteiger partial charge in [0.1, 0.15) is 0 Å². The van der Waals surface area contributed by atoms with Crippen molar-refractivity contribution in [1.29, 1.82) is 0 Å². The van der Waals surface area contributed by atoms with Gasteiger partial charge < -0.3 is 0 Å². The van der Waals surface area contributed by atoms with Crippen LogP contribution in [0.25, 0.3) is 0 Å². The maximum absolute atomic E-state index is 13.0. The zero-order chi connectivity index (χ0) is 15.1. The molecule has 2 rings (SSSR count). The molecule has 0 aliphatic heterocycles. The molecule has 2 aromatic rings. The predicted octanol–water partition coefficient (Wildman–Crippen LogP) is 6.29. The molecule has 1 aromatic heterocycles. The van der Waals surface area contributed by atoms with E-state index in [0.29, 0.717) is 7.57 Å². The molecule has 0 bridgehead atoms. The Hall–Kier alpha value is -0.180. The third-order valence-electron chi connectivity index (χ3n) is 2.43. The lowest BCUT2D eigenvalue weighted by Crippen LogP contribution is -2.13. The zero-order valence-corrected chi connectivity index (χ0v) is 15.0. The van der Waals surface area contributed by atoms with Gasteiger partial charge >= 0.3 is 6.18 Å². The minimum absolute atomic E-state index is 0.203. The van der Waals surface area contributed by atoms with Gasteiger partial charge in [-0.15, -0.1) is 11.3 Å². The van der Waals surface area contributed by atoms with Crippen LogP contribution in [0.4, 0.5) is 13.2 Å². The van der Waals surface area contributed by atoms with Crippen LogP contribution in [-0.2, 0) is 6.18 Å². The Morgan fingerprint density at radius 1 is 1.05 bits per heavy atom. The number of hydrogen-bond donors (Lipinski definition) is 0. The number of alkyl halides is 3. The van der Waals surface area contributed by atoms with Crippen molar-refractivity contribution in [2.75, 3.05) is 0 Å². The van der Waals surface area contributed by atoms with Gasteiger partial charge in [-0.3, -0.25) is 4.79 Å². The lowest BCUT2D eigenvalue weighted by molar-refractivity contribution is -0.137. The fraction of sp³-hybridized carbons (Fsp3) is 0.0833. The normalized spacial score (nSPS) is 11.7. The number of thiophene rings is 1. The van der Waals surface area contributed by atoms with Crippen LogP contribution in [0.2, 0.25) is 0 Å². The second-order valence-corrected chi connectivity index (χ2v) is 8.42. The van der Waals surface area contributed by atoms with E-state index in [1.807, 2.05) is 0 Å². The number of hydrogen-bond acceptors (Lipinski definition) is 2. The summed E-state index contributed by atoms with van der Waals surface area (Å²) in [7, 11) is 0. The number of ketones is 1. The van der Waals surface area contributed by atoms with E-state index < -0.39 is 17.5 Å². The second kappa shape index (κ2) is 5.90. The van der Waals surface area contributed by atoms with Crippen LogP contribution in [0.5, 0.6) is 0 Å². The first-order valence-corrected chi connectivity index (χ1v) is 8.26. The monoisotopic (exact) mass is 490 g/mol. The molecule has 0 saturated carbocycles. The Balaban J connectivity index is 2.58. The Morgan fingerprint density at radius 3 is 2.20 bits per heavy atom. The maximum Gasteiger partial charge on any atom is 0.417 e. The van der Waals surface area contributed by atoms with Crippen LogP contribution in [0, 0.1) is 0 Å². The average molecular weight is 493 g/mol. The first-order chi connectivity index (χ1) is 9.20. The van der Waals surface area contributed by atoms with Gasteiger partial charge in [0.15, 0.2) is 5.78 Å². The van der Waals surface area contributed by atoms with Crippen LogP contribution in [-0.4, -0.2) is 5.78 Å². The summed E-state index contributed by atoms with van der Waals surface area (Å²) in [6.07, 6.45) is -4.59. The number of carbonyl (C=O) groups excluding carboxylic acids is 1. The number of carbonyl (C=O) groups is 1. The molecule has 0 spiro atoms. The molecular formula is C12H4Br3F3OS. The van der Waals surface area contributed by atoms with Crippen LogP contribution in [0.15, 0.2) is 36.3 Å². The SMILES string of the molecule is O=C(c1ccc(Br)cc1C(F)(F)F)c1cc(Br)sc1Br. The highest BCUT2D eigenvalue weighted by molar-refractivity contribution is 9.12. The molecule has 0 amide bonds. The van der Waals surface area contributed by atoms with Crippen molar-refractivity contribution < 1.29 is 18.0 Å². The van der Waals surface area contributed by atoms with E-state index in [-0.39, 0.29) is 15.6 Å². The van der Waals surface area contributed by atoms with Gasteiger partial charge in [0, 0.05) is 15.6 Å². The highest BCUT2D eigenvalue weighted by Crippen LogP contribution is 2.38. The average Bonchev–Trinajstić information content (AvgIpc) is 2.66. The minimum atomic E-state index is -4.59. The second-order valence-electron chi connectivity index (χ2n) is 3.75. The number of benzene rings is 1. The molecule has 20 heavy (non-hydrogen) atoms. The first-order valence-electron chi connectivity index (χ1n) is 5.06. The molecule has 0 N–H and O–H groups in total. The highest BCUT2D eigenvalue weighted by Gasteiger charge is 2.36. The Bertz CT molecular complexity index is 679. The van der Waals surface area contributed by atoms with E-state index in [2.05, 4.69) is 47.8 Å². The molecule has 0 atom stereocenters. The van der Waals surface area contributed by atoms with Crippen LogP contribution >= 0.6 is 59.1 Å². The molecule has 1 aromatic carbocycles. The fourth-order valence-corrected chi connectivity index (χ4v) is 4.74. The Morgan fingerprint density at radius 2 is 1.70 bits per heavy atom. The van der Waals surface area contributed by atoms with Crippen molar-refractivity contribution in [3.05, 3.63) is 53.0 Å². The molecule has 106 valence electrons. The third-order valence-corrected chi connectivity index (χ3v) is 5.27. The molecule has 1 heterocycles. The quantitative estimate of drug-likeness (QED) is 0.451. The summed E-state index contributed by atoms with van der Waals surface area (Å²) in [6.45, 7) is 0. The third kappa shape index (κ3) is 3.35. The van der Waals surface area contributed by atoms with E-state index >= 15 is 0 Å².